The Hall–Kier alpha value is -8.69. The number of ether oxygens (including phenoxy) is 6. The second-order valence-corrected chi connectivity index (χ2v) is 20.7. The summed E-state index contributed by atoms with van der Waals surface area (Å²) < 4.78 is 34.4. The van der Waals surface area contributed by atoms with E-state index < -0.39 is 77.3 Å². The van der Waals surface area contributed by atoms with E-state index in [9.17, 15) is 9.90 Å². The summed E-state index contributed by atoms with van der Waals surface area (Å²) in [5.74, 6) is 4.21. The molecule has 5 heterocycles. The van der Waals surface area contributed by atoms with E-state index in [1.54, 1.807) is 80.5 Å². The highest BCUT2D eigenvalue weighted by Crippen LogP contribution is 2.66. The summed E-state index contributed by atoms with van der Waals surface area (Å²) in [6, 6.07) is 38.6. The lowest BCUT2D eigenvalue weighted by Crippen LogP contribution is -2.59. The van der Waals surface area contributed by atoms with Crippen molar-refractivity contribution in [2.24, 2.45) is 11.8 Å². The van der Waals surface area contributed by atoms with Gasteiger partial charge in [-0.05, 0) is 100 Å². The number of morpholine rings is 1. The number of hydrogen-bond donors (Lipinski definition) is 2. The van der Waals surface area contributed by atoms with Crippen LogP contribution in [-0.2, 0) is 40.6 Å². The third-order valence-corrected chi connectivity index (χ3v) is 15.9. The predicted octanol–water partition coefficient (Wildman–Crippen LogP) is 7.11. The van der Waals surface area contributed by atoms with Gasteiger partial charge in [0.2, 0.25) is 18.6 Å². The fourth-order valence-electron chi connectivity index (χ4n) is 12.1. The molecule has 5 aliphatic rings. The second-order valence-electron chi connectivity index (χ2n) is 20.7. The lowest BCUT2D eigenvalue weighted by Gasteiger charge is -2.46. The molecule has 410 valence electrons. The number of benzene rings is 6. The molecule has 5 aliphatic heterocycles. The number of anilines is 1. The quantitative estimate of drug-likeness (QED) is 0.0881. The van der Waals surface area contributed by atoms with E-state index in [0.29, 0.717) is 64.9 Å². The minimum absolute atomic E-state index is 0.0152. The van der Waals surface area contributed by atoms with Crippen LogP contribution in [0, 0.1) is 23.7 Å². The molecule has 0 bridgehead atoms. The third-order valence-electron chi connectivity index (χ3n) is 15.9. The Labute approximate surface area is 463 Å². The number of methoxy groups -OCH3 is 2. The normalized spacial score (nSPS) is 22.4. The monoisotopic (exact) mass is 1080 g/mol. The number of nitrogens with zero attached hydrogens (tertiary/aromatic N) is 4. The number of hydrogen-bond acceptors (Lipinski definition) is 14. The zero-order valence-electron chi connectivity index (χ0n) is 44.8. The Morgan fingerprint density at radius 1 is 0.738 bits per heavy atom. The molecule has 7 unspecified atom stereocenters. The highest BCUT2D eigenvalue weighted by atomic mass is 16.7. The van der Waals surface area contributed by atoms with E-state index in [1.165, 1.54) is 7.11 Å². The second kappa shape index (κ2) is 22.6. The van der Waals surface area contributed by atoms with Crippen molar-refractivity contribution >= 4 is 35.5 Å². The molecular formula is C63H61N5O12. The summed E-state index contributed by atoms with van der Waals surface area (Å²) in [6.07, 6.45) is -0.952. The number of aliphatic hydroxyl groups is 1. The van der Waals surface area contributed by atoms with Crippen molar-refractivity contribution in [2.45, 2.75) is 56.1 Å². The van der Waals surface area contributed by atoms with Crippen molar-refractivity contribution in [3.8, 4) is 34.8 Å². The highest BCUT2D eigenvalue weighted by Gasteiger charge is 2.76. The number of imide groups is 1. The smallest absolute Gasteiger partial charge is 0.329 e. The van der Waals surface area contributed by atoms with Gasteiger partial charge in [-0.25, -0.2) is 14.5 Å². The van der Waals surface area contributed by atoms with Gasteiger partial charge in [-0.1, -0.05) is 105 Å². The highest BCUT2D eigenvalue weighted by molar-refractivity contribution is 6.25. The Morgan fingerprint density at radius 3 is 2.08 bits per heavy atom. The maximum Gasteiger partial charge on any atom is 0.329 e. The first-order valence-corrected chi connectivity index (χ1v) is 26.8. The maximum absolute atomic E-state index is 17.0. The molecule has 3 saturated heterocycles. The van der Waals surface area contributed by atoms with E-state index in [2.05, 4.69) is 22.1 Å². The zero-order chi connectivity index (χ0) is 55.7. The fraction of sp³-hybridized carbons (Fsp3) is 0.317. The van der Waals surface area contributed by atoms with Gasteiger partial charge in [0.1, 0.15) is 41.7 Å². The molecule has 7 atom stereocenters. The van der Waals surface area contributed by atoms with Crippen molar-refractivity contribution < 1.29 is 57.5 Å². The molecule has 1 spiro atoms. The number of piperazine rings is 1. The minimum Gasteiger partial charge on any atom is -0.497 e. The van der Waals surface area contributed by atoms with Crippen LogP contribution in [0.4, 0.5) is 10.5 Å². The van der Waals surface area contributed by atoms with Crippen LogP contribution in [0.2, 0.25) is 0 Å². The van der Waals surface area contributed by atoms with Crippen LogP contribution in [0.5, 0.6) is 23.0 Å². The minimum atomic E-state index is -2.10. The Morgan fingerprint density at radius 2 is 1.40 bits per heavy atom. The van der Waals surface area contributed by atoms with Gasteiger partial charge in [-0.3, -0.25) is 24.2 Å². The lowest BCUT2D eigenvalue weighted by atomic mass is 9.64. The van der Waals surface area contributed by atoms with Gasteiger partial charge in [-0.2, -0.15) is 0 Å². The first-order valence-electron chi connectivity index (χ1n) is 26.8. The molecule has 6 aromatic rings. The first kappa shape index (κ1) is 53.3. The van der Waals surface area contributed by atoms with Gasteiger partial charge in [0, 0.05) is 43.9 Å². The summed E-state index contributed by atoms with van der Waals surface area (Å²) in [5.41, 5.74) is 2.38. The Balaban J connectivity index is 1.13. The average Bonchev–Trinajstić information content (AvgIpc) is 1.96. The molecule has 0 aliphatic carbocycles. The number of rotatable bonds is 13. The molecule has 17 nitrogen and oxygen atoms in total. The summed E-state index contributed by atoms with van der Waals surface area (Å²) in [4.78, 5) is 85.1. The van der Waals surface area contributed by atoms with Crippen LogP contribution in [0.3, 0.4) is 0 Å². The maximum atomic E-state index is 17.0. The third kappa shape index (κ3) is 9.73. The number of carbonyl (C=O) groups is 5. The number of carbonyl (C=O) groups excluding carboxylic acids is 5. The number of amides is 4. The van der Waals surface area contributed by atoms with Crippen LogP contribution in [0.15, 0.2) is 146 Å². The molecule has 4 amide bonds. The largest absolute Gasteiger partial charge is 0.497 e. The van der Waals surface area contributed by atoms with Gasteiger partial charge in [0.25, 0.3) is 0 Å². The molecule has 2 N–H and O–H groups in total. The molecule has 6 aromatic carbocycles. The van der Waals surface area contributed by atoms with E-state index in [1.807, 2.05) is 95.9 Å². The number of nitrogens with one attached hydrogen (secondary N) is 1. The summed E-state index contributed by atoms with van der Waals surface area (Å²) in [7, 11) is 2.80. The summed E-state index contributed by atoms with van der Waals surface area (Å²) >= 11 is 0. The van der Waals surface area contributed by atoms with Crippen molar-refractivity contribution in [3.05, 3.63) is 185 Å². The van der Waals surface area contributed by atoms with Crippen LogP contribution < -0.4 is 29.2 Å². The molecule has 17 heteroatoms. The van der Waals surface area contributed by atoms with E-state index >= 15 is 19.2 Å². The molecule has 80 heavy (non-hydrogen) atoms. The SMILES string of the molecule is COC(=O)C(NC(=O)N1C(=O)C2(c3cc(C#Cc4ccc(OC)cc4)ccc31)C(C(=O)N1CCN(Cc3ccc4c(c3)OCO4)CC1)C1C(=O)OC(c3ccccc3)C(c3ccccc3)N1C2c1ccc(OCCO)cc1)C(C)C. The predicted molar refractivity (Wildman–Crippen MR) is 294 cm³/mol. The van der Waals surface area contributed by atoms with Crippen LogP contribution in [0.25, 0.3) is 0 Å². The van der Waals surface area contributed by atoms with Gasteiger partial charge in [0.05, 0.1) is 44.5 Å². The van der Waals surface area contributed by atoms with Gasteiger partial charge < -0.3 is 43.7 Å². The topological polar surface area (TPSA) is 186 Å². The average molecular weight is 1080 g/mol. The summed E-state index contributed by atoms with van der Waals surface area (Å²) in [6.45, 7) is 5.37. The fourth-order valence-corrected chi connectivity index (χ4v) is 12.1. The van der Waals surface area contributed by atoms with Crippen molar-refractivity contribution in [3.63, 3.8) is 0 Å². The van der Waals surface area contributed by atoms with Crippen molar-refractivity contribution in [1.29, 1.82) is 0 Å². The Bertz CT molecular complexity index is 3360. The first-order chi connectivity index (χ1) is 38.9. The molecule has 0 saturated carbocycles. The molecule has 0 radical (unpaired) electrons. The molecule has 3 fully saturated rings. The van der Waals surface area contributed by atoms with E-state index in [4.69, 9.17) is 28.4 Å². The number of cyclic esters (lactones) is 1. The Kier molecular flexibility index (Phi) is 15.0. The van der Waals surface area contributed by atoms with Crippen LogP contribution in [0.1, 0.15) is 71.0 Å². The van der Waals surface area contributed by atoms with Crippen LogP contribution in [-0.4, -0.2) is 122 Å². The molecular weight excluding hydrogens is 1020 g/mol. The number of fused-ring (bicyclic) bond motifs is 4. The lowest BCUT2D eigenvalue weighted by molar-refractivity contribution is -0.179. The number of aliphatic hydroxyl groups excluding tert-OH is 1. The standard InChI is InChI=1S/C63H61N5O12/c1-39(2)53(59(71)76-4)64-62(74)67-49-27-19-41(16-15-40-17-23-46(75-3)24-18-40)35-48(49)63(61(67)73)52(58(70)66-31-29-65(30-32-66)37-42-20-28-50-51(36-42)79-38-78-50)55-60(72)80-56(44-13-9-6-10-14-44)54(43-11-7-5-8-12-43)68(55)57(63)45-21-25-47(26-22-45)77-34-33-69/h5-14,17-28,35-36,39,52-57,69H,29-34,37-38H2,1-4H3,(H,64,74). The van der Waals surface area contributed by atoms with Crippen LogP contribution >= 0.6 is 0 Å². The molecule has 0 aromatic heterocycles. The van der Waals surface area contributed by atoms with Crippen molar-refractivity contribution in [1.82, 2.24) is 20.0 Å². The number of esters is 2. The van der Waals surface area contributed by atoms with Gasteiger partial charge in [0.15, 0.2) is 11.5 Å². The van der Waals surface area contributed by atoms with Gasteiger partial charge in [-0.15, -0.1) is 0 Å². The zero-order valence-corrected chi connectivity index (χ0v) is 44.8. The van der Waals surface area contributed by atoms with E-state index in [-0.39, 0.29) is 44.3 Å². The number of urea groups is 1. The van der Waals surface area contributed by atoms with Crippen molar-refractivity contribution in [2.75, 3.05) is 65.3 Å². The van der Waals surface area contributed by atoms with Gasteiger partial charge >= 0.3 is 18.0 Å². The van der Waals surface area contributed by atoms with E-state index in [0.717, 1.165) is 16.0 Å². The molecule has 11 rings (SSSR count). The summed E-state index contributed by atoms with van der Waals surface area (Å²) in [5, 5.41) is 12.5.